The van der Waals surface area contributed by atoms with E-state index in [1.165, 1.54) is 11.1 Å². The van der Waals surface area contributed by atoms with Crippen LogP contribution in [0, 0.1) is 6.92 Å². The Bertz CT molecular complexity index is 903. The highest BCUT2D eigenvalue weighted by atomic mass is 16.5. The van der Waals surface area contributed by atoms with E-state index < -0.39 is 0 Å². The molecule has 1 aliphatic heterocycles. The van der Waals surface area contributed by atoms with Crippen molar-refractivity contribution in [3.05, 3.63) is 95.6 Å². The summed E-state index contributed by atoms with van der Waals surface area (Å²) >= 11 is 0. The Balaban J connectivity index is 1.68. The summed E-state index contributed by atoms with van der Waals surface area (Å²) in [4.78, 5) is 0. The molecule has 0 radical (unpaired) electrons. The van der Waals surface area contributed by atoms with Gasteiger partial charge in [-0.2, -0.15) is 5.10 Å². The number of hydrogen-bond donors (Lipinski definition) is 1. The second-order valence-electron chi connectivity index (χ2n) is 6.20. The third-order valence-electron chi connectivity index (χ3n) is 4.47. The van der Waals surface area contributed by atoms with E-state index in [1.807, 2.05) is 54.6 Å². The molecule has 1 atom stereocenters. The van der Waals surface area contributed by atoms with Crippen LogP contribution in [0.3, 0.4) is 0 Å². The maximum absolute atomic E-state index is 6.22. The summed E-state index contributed by atoms with van der Waals surface area (Å²) in [5, 5.41) is 4.72. The second-order valence-corrected chi connectivity index (χ2v) is 6.20. The number of para-hydroxylation sites is 2. The van der Waals surface area contributed by atoms with Crippen LogP contribution in [0.4, 0.5) is 5.69 Å². The first-order valence-corrected chi connectivity index (χ1v) is 8.50. The van der Waals surface area contributed by atoms with Gasteiger partial charge in [0.05, 0.1) is 11.4 Å². The molecule has 1 heterocycles. The van der Waals surface area contributed by atoms with Gasteiger partial charge in [-0.15, -0.1) is 0 Å². The van der Waals surface area contributed by atoms with Gasteiger partial charge in [-0.1, -0.05) is 60.7 Å². The molecule has 0 bridgehead atoms. The molecule has 0 spiro atoms. The summed E-state index contributed by atoms with van der Waals surface area (Å²) < 4.78 is 6.22. The molecule has 25 heavy (non-hydrogen) atoms. The minimum absolute atomic E-state index is 0.0199. The van der Waals surface area contributed by atoms with Crippen LogP contribution >= 0.6 is 0 Å². The largest absolute Gasteiger partial charge is 0.485 e. The first-order valence-electron chi connectivity index (χ1n) is 8.50. The molecule has 3 aromatic rings. The molecule has 0 unspecified atom stereocenters. The number of fused-ring (bicyclic) bond motifs is 1. The summed E-state index contributed by atoms with van der Waals surface area (Å²) in [6, 6.07) is 26.6. The fourth-order valence-electron chi connectivity index (χ4n) is 3.07. The lowest BCUT2D eigenvalue weighted by atomic mass is 9.96. The van der Waals surface area contributed by atoms with Crippen molar-refractivity contribution >= 4 is 11.4 Å². The van der Waals surface area contributed by atoms with Crippen LogP contribution in [0.5, 0.6) is 5.75 Å². The van der Waals surface area contributed by atoms with Crippen molar-refractivity contribution in [3.63, 3.8) is 0 Å². The summed E-state index contributed by atoms with van der Waals surface area (Å²) in [6.07, 6.45) is 0.716. The van der Waals surface area contributed by atoms with E-state index in [0.717, 1.165) is 29.1 Å². The van der Waals surface area contributed by atoms with E-state index in [-0.39, 0.29) is 6.10 Å². The van der Waals surface area contributed by atoms with Crippen LogP contribution < -0.4 is 10.2 Å². The van der Waals surface area contributed by atoms with Gasteiger partial charge in [0.15, 0.2) is 0 Å². The van der Waals surface area contributed by atoms with Crippen LogP contribution in [0.1, 0.15) is 29.2 Å². The maximum atomic E-state index is 6.22. The van der Waals surface area contributed by atoms with Gasteiger partial charge in [-0.25, -0.2) is 0 Å². The molecule has 1 aliphatic rings. The number of ether oxygens (including phenoxy) is 1. The minimum Gasteiger partial charge on any atom is -0.485 e. The number of rotatable bonds is 3. The van der Waals surface area contributed by atoms with Gasteiger partial charge in [0, 0.05) is 12.0 Å². The Labute approximate surface area is 148 Å². The zero-order valence-corrected chi connectivity index (χ0v) is 14.1. The molecule has 1 N–H and O–H groups in total. The number of anilines is 1. The highest BCUT2D eigenvalue weighted by Crippen LogP contribution is 2.35. The van der Waals surface area contributed by atoms with Crippen LogP contribution in [-0.4, -0.2) is 5.71 Å². The molecule has 0 aliphatic carbocycles. The molecule has 0 saturated heterocycles. The van der Waals surface area contributed by atoms with Crippen molar-refractivity contribution in [2.24, 2.45) is 5.10 Å². The average Bonchev–Trinajstić information content (AvgIpc) is 2.67. The van der Waals surface area contributed by atoms with E-state index in [2.05, 4.69) is 36.6 Å². The smallest absolute Gasteiger partial charge is 0.129 e. The van der Waals surface area contributed by atoms with E-state index in [4.69, 9.17) is 9.84 Å². The van der Waals surface area contributed by atoms with Crippen molar-refractivity contribution in [3.8, 4) is 5.75 Å². The van der Waals surface area contributed by atoms with Crippen LogP contribution in [0.25, 0.3) is 0 Å². The molecule has 3 heteroatoms. The predicted octanol–water partition coefficient (Wildman–Crippen LogP) is 5.34. The number of hydrogen-bond acceptors (Lipinski definition) is 3. The van der Waals surface area contributed by atoms with Crippen LogP contribution in [0.15, 0.2) is 84.0 Å². The van der Waals surface area contributed by atoms with Gasteiger partial charge in [-0.3, -0.25) is 5.43 Å². The van der Waals surface area contributed by atoms with E-state index in [0.29, 0.717) is 0 Å². The SMILES string of the molecule is Cc1ccccc1NN=C1C[C@@H](c2ccccc2)Oc2ccccc21. The lowest BCUT2D eigenvalue weighted by Gasteiger charge is -2.27. The highest BCUT2D eigenvalue weighted by Gasteiger charge is 2.26. The van der Waals surface area contributed by atoms with Crippen molar-refractivity contribution in [2.45, 2.75) is 19.4 Å². The van der Waals surface area contributed by atoms with Gasteiger partial charge in [0.2, 0.25) is 0 Å². The number of nitrogens with one attached hydrogen (secondary N) is 1. The van der Waals surface area contributed by atoms with Crippen LogP contribution in [0.2, 0.25) is 0 Å². The third kappa shape index (κ3) is 3.26. The molecule has 4 rings (SSSR count). The third-order valence-corrected chi connectivity index (χ3v) is 4.47. The van der Waals surface area contributed by atoms with Crippen molar-refractivity contribution in [1.82, 2.24) is 0 Å². The number of aryl methyl sites for hydroxylation is 1. The summed E-state index contributed by atoms with van der Waals surface area (Å²) in [5.41, 5.74) is 8.66. The lowest BCUT2D eigenvalue weighted by molar-refractivity contribution is 0.206. The molecule has 0 fully saturated rings. The molecule has 3 nitrogen and oxygen atoms in total. The Hall–Kier alpha value is -3.07. The number of hydrazone groups is 1. The fraction of sp³-hybridized carbons (Fsp3) is 0.136. The highest BCUT2D eigenvalue weighted by molar-refractivity contribution is 6.04. The quantitative estimate of drug-likeness (QED) is 0.659. The van der Waals surface area contributed by atoms with E-state index in [1.54, 1.807) is 0 Å². The first-order chi connectivity index (χ1) is 12.3. The summed E-state index contributed by atoms with van der Waals surface area (Å²) in [5.74, 6) is 0.882. The molecule has 0 amide bonds. The molecule has 0 aromatic heterocycles. The van der Waals surface area contributed by atoms with Gasteiger partial charge in [-0.05, 0) is 36.2 Å². The maximum Gasteiger partial charge on any atom is 0.129 e. The van der Waals surface area contributed by atoms with Gasteiger partial charge >= 0.3 is 0 Å². The Morgan fingerprint density at radius 3 is 2.44 bits per heavy atom. The minimum atomic E-state index is -0.0199. The predicted molar refractivity (Wildman–Crippen MR) is 102 cm³/mol. The molecule has 0 saturated carbocycles. The second kappa shape index (κ2) is 6.81. The van der Waals surface area contributed by atoms with Crippen molar-refractivity contribution in [2.75, 3.05) is 5.43 Å². The van der Waals surface area contributed by atoms with Crippen molar-refractivity contribution < 1.29 is 4.74 Å². The monoisotopic (exact) mass is 328 g/mol. The van der Waals surface area contributed by atoms with E-state index >= 15 is 0 Å². The lowest BCUT2D eigenvalue weighted by Crippen LogP contribution is -2.21. The molecule has 3 aromatic carbocycles. The van der Waals surface area contributed by atoms with Crippen molar-refractivity contribution in [1.29, 1.82) is 0 Å². The fourth-order valence-corrected chi connectivity index (χ4v) is 3.07. The van der Waals surface area contributed by atoms with Gasteiger partial charge < -0.3 is 4.74 Å². The molecule has 124 valence electrons. The van der Waals surface area contributed by atoms with E-state index in [9.17, 15) is 0 Å². The van der Waals surface area contributed by atoms with Gasteiger partial charge in [0.1, 0.15) is 11.9 Å². The zero-order chi connectivity index (χ0) is 17.1. The number of benzene rings is 3. The summed E-state index contributed by atoms with van der Waals surface area (Å²) in [6.45, 7) is 2.08. The Kier molecular flexibility index (Phi) is 4.21. The normalized spacial score (nSPS) is 17.6. The Morgan fingerprint density at radius 2 is 1.60 bits per heavy atom. The molecular formula is C22H20N2O. The standard InChI is InChI=1S/C22H20N2O/c1-16-9-5-7-13-19(16)23-24-20-15-22(17-10-3-2-4-11-17)25-21-14-8-6-12-18(20)21/h2-14,22-23H,15H2,1H3/t22-/m0/s1. The molecular weight excluding hydrogens is 308 g/mol. The zero-order valence-electron chi connectivity index (χ0n) is 14.1. The first kappa shape index (κ1) is 15.5. The summed E-state index contributed by atoms with van der Waals surface area (Å²) in [7, 11) is 0. The van der Waals surface area contributed by atoms with Crippen LogP contribution in [-0.2, 0) is 0 Å². The average molecular weight is 328 g/mol. The van der Waals surface area contributed by atoms with Gasteiger partial charge in [0.25, 0.3) is 0 Å². The topological polar surface area (TPSA) is 33.6 Å². The number of nitrogens with zero attached hydrogens (tertiary/aromatic N) is 1. The Morgan fingerprint density at radius 1 is 0.880 bits per heavy atom.